The van der Waals surface area contributed by atoms with Gasteiger partial charge in [0.25, 0.3) is 11.4 Å². The van der Waals surface area contributed by atoms with Crippen molar-refractivity contribution in [2.45, 2.75) is 22.4 Å². The van der Waals surface area contributed by atoms with Gasteiger partial charge in [0.2, 0.25) is 5.91 Å². The molecule has 0 saturated heterocycles. The Hall–Kier alpha value is -3.26. The fourth-order valence-electron chi connectivity index (χ4n) is 3.02. The van der Waals surface area contributed by atoms with E-state index < -0.39 is 32.1 Å². The molecule has 0 spiro atoms. The van der Waals surface area contributed by atoms with Crippen LogP contribution in [0.1, 0.15) is 0 Å². The van der Waals surface area contributed by atoms with E-state index in [1.807, 2.05) is 0 Å². The van der Waals surface area contributed by atoms with Crippen molar-refractivity contribution in [3.05, 3.63) is 52.6 Å². The molecular formula is C19H19F2N5O5S2. The van der Waals surface area contributed by atoms with Gasteiger partial charge < -0.3 is 15.2 Å². The van der Waals surface area contributed by atoms with Gasteiger partial charge in [-0.1, -0.05) is 12.1 Å². The van der Waals surface area contributed by atoms with E-state index in [0.717, 1.165) is 12.3 Å². The van der Waals surface area contributed by atoms with Crippen LogP contribution in [-0.2, 0) is 21.2 Å². The number of para-hydroxylation sites is 2. The number of amides is 1. The summed E-state index contributed by atoms with van der Waals surface area (Å²) in [7, 11) is -3.61. The normalized spacial score (nSPS) is 11.6. The fourth-order valence-corrected chi connectivity index (χ4v) is 4.26. The topological polar surface area (TPSA) is 136 Å². The zero-order valence-electron chi connectivity index (χ0n) is 17.2. The Labute approximate surface area is 191 Å². The lowest BCUT2D eigenvalue weighted by atomic mass is 10.2. The first-order chi connectivity index (χ1) is 15.6. The number of imidazole rings is 1. The summed E-state index contributed by atoms with van der Waals surface area (Å²) in [4.78, 5) is 26.9. The molecule has 0 atom stereocenters. The molecule has 2 aromatic carbocycles. The summed E-state index contributed by atoms with van der Waals surface area (Å²) < 4.78 is 50.4. The highest BCUT2D eigenvalue weighted by Gasteiger charge is 2.19. The highest BCUT2D eigenvalue weighted by Crippen LogP contribution is 2.29. The van der Waals surface area contributed by atoms with Gasteiger partial charge in [-0.25, -0.2) is 13.4 Å². The first kappa shape index (κ1) is 24.4. The minimum absolute atomic E-state index is 0.0149. The molecule has 0 aliphatic carbocycles. The predicted octanol–water partition coefficient (Wildman–Crippen LogP) is 2.89. The number of nitro groups is 1. The number of aromatic nitrogens is 2. The smallest absolute Gasteiger partial charge is 0.293 e. The van der Waals surface area contributed by atoms with Crippen LogP contribution in [-0.4, -0.2) is 53.9 Å². The van der Waals surface area contributed by atoms with Crippen LogP contribution in [0.3, 0.4) is 0 Å². The van der Waals surface area contributed by atoms with Gasteiger partial charge in [0, 0.05) is 25.4 Å². The highest BCUT2D eigenvalue weighted by molar-refractivity contribution is 7.99. The molecule has 0 fully saturated rings. The second-order valence-corrected chi connectivity index (χ2v) is 9.81. The molecule has 0 radical (unpaired) electrons. The Morgan fingerprint density at radius 1 is 1.24 bits per heavy atom. The summed E-state index contributed by atoms with van der Waals surface area (Å²) in [6.07, 6.45) is 0.948. The first-order valence-corrected chi connectivity index (χ1v) is 12.2. The molecule has 3 rings (SSSR count). The van der Waals surface area contributed by atoms with Crippen molar-refractivity contribution in [3.8, 4) is 0 Å². The number of sulfone groups is 1. The molecule has 0 saturated carbocycles. The number of nitrogens with zero attached hydrogens (tertiary/aromatic N) is 3. The van der Waals surface area contributed by atoms with Crippen LogP contribution in [0.25, 0.3) is 11.0 Å². The molecule has 0 aliphatic rings. The molecule has 10 nitrogen and oxygen atoms in total. The molecule has 3 aromatic rings. The SMILES string of the molecule is CS(=O)(=O)c1ccc(NCCNC(=O)Cn2c(SC(F)F)nc3ccccc32)c([N+](=O)[O-])c1. The van der Waals surface area contributed by atoms with Gasteiger partial charge in [0.05, 0.1) is 20.9 Å². The van der Waals surface area contributed by atoms with Crippen molar-refractivity contribution >= 4 is 49.9 Å². The largest absolute Gasteiger partial charge is 0.378 e. The molecule has 2 N–H and O–H groups in total. The van der Waals surface area contributed by atoms with Gasteiger partial charge in [-0.15, -0.1) is 0 Å². The molecule has 1 aromatic heterocycles. The number of thioether (sulfide) groups is 1. The molecule has 0 bridgehead atoms. The van der Waals surface area contributed by atoms with E-state index in [1.165, 1.54) is 16.7 Å². The van der Waals surface area contributed by atoms with Crippen molar-refractivity contribution in [1.29, 1.82) is 0 Å². The lowest BCUT2D eigenvalue weighted by Gasteiger charge is -2.11. The summed E-state index contributed by atoms with van der Waals surface area (Å²) in [5.41, 5.74) is 0.705. The molecule has 14 heteroatoms. The van der Waals surface area contributed by atoms with Crippen molar-refractivity contribution in [2.75, 3.05) is 24.7 Å². The number of halogens is 2. The van der Waals surface area contributed by atoms with Crippen molar-refractivity contribution in [2.24, 2.45) is 0 Å². The van der Waals surface area contributed by atoms with Crippen LogP contribution in [0.2, 0.25) is 0 Å². The second kappa shape index (κ2) is 10.1. The molecule has 176 valence electrons. The van der Waals surface area contributed by atoms with Gasteiger partial charge in [-0.2, -0.15) is 8.78 Å². The number of anilines is 1. The molecule has 1 heterocycles. The molecule has 33 heavy (non-hydrogen) atoms. The minimum Gasteiger partial charge on any atom is -0.378 e. The maximum Gasteiger partial charge on any atom is 0.293 e. The summed E-state index contributed by atoms with van der Waals surface area (Å²) in [6, 6.07) is 10.2. The molecule has 1 amide bonds. The number of nitrogens with one attached hydrogen (secondary N) is 2. The summed E-state index contributed by atoms with van der Waals surface area (Å²) in [6.45, 7) is -0.0549. The number of carbonyl (C=O) groups is 1. The Balaban J connectivity index is 1.63. The number of hydrogen-bond donors (Lipinski definition) is 2. The van der Waals surface area contributed by atoms with E-state index in [4.69, 9.17) is 0 Å². The lowest BCUT2D eigenvalue weighted by molar-refractivity contribution is -0.384. The van der Waals surface area contributed by atoms with Crippen molar-refractivity contribution in [3.63, 3.8) is 0 Å². The van der Waals surface area contributed by atoms with Gasteiger partial charge in [0.1, 0.15) is 12.2 Å². The number of hydrogen-bond acceptors (Lipinski definition) is 8. The van der Waals surface area contributed by atoms with E-state index in [-0.39, 0.29) is 47.1 Å². The fraction of sp³-hybridized carbons (Fsp3) is 0.263. The Bertz CT molecular complexity index is 1300. The average Bonchev–Trinajstić information content (AvgIpc) is 3.06. The number of fused-ring (bicyclic) bond motifs is 1. The van der Waals surface area contributed by atoms with Crippen LogP contribution in [0.15, 0.2) is 52.5 Å². The number of benzene rings is 2. The minimum atomic E-state index is -3.61. The highest BCUT2D eigenvalue weighted by atomic mass is 32.2. The van der Waals surface area contributed by atoms with E-state index in [1.54, 1.807) is 24.3 Å². The third-order valence-electron chi connectivity index (χ3n) is 4.47. The number of rotatable bonds is 10. The van der Waals surface area contributed by atoms with E-state index in [2.05, 4.69) is 15.6 Å². The van der Waals surface area contributed by atoms with Gasteiger partial charge in [-0.3, -0.25) is 14.9 Å². The zero-order chi connectivity index (χ0) is 24.2. The quantitative estimate of drug-likeness (QED) is 0.188. The van der Waals surface area contributed by atoms with Crippen LogP contribution in [0, 0.1) is 10.1 Å². The predicted molar refractivity (Wildman–Crippen MR) is 119 cm³/mol. The number of nitro benzene ring substituents is 1. The Kier molecular flexibility index (Phi) is 7.48. The Morgan fingerprint density at radius 2 is 1.97 bits per heavy atom. The summed E-state index contributed by atoms with van der Waals surface area (Å²) >= 11 is 0.245. The van der Waals surface area contributed by atoms with Crippen molar-refractivity contribution in [1.82, 2.24) is 14.9 Å². The Morgan fingerprint density at radius 3 is 2.64 bits per heavy atom. The van der Waals surface area contributed by atoms with E-state index in [9.17, 15) is 32.1 Å². The van der Waals surface area contributed by atoms with Gasteiger partial charge >= 0.3 is 0 Å². The van der Waals surface area contributed by atoms with Crippen LogP contribution in [0.5, 0.6) is 0 Å². The van der Waals surface area contributed by atoms with E-state index in [0.29, 0.717) is 11.0 Å². The molecular weight excluding hydrogens is 480 g/mol. The van der Waals surface area contributed by atoms with Gasteiger partial charge in [0.15, 0.2) is 15.0 Å². The summed E-state index contributed by atoms with van der Waals surface area (Å²) in [5, 5.41) is 16.7. The van der Waals surface area contributed by atoms with E-state index >= 15 is 0 Å². The molecule has 0 aliphatic heterocycles. The lowest BCUT2D eigenvalue weighted by Crippen LogP contribution is -2.32. The summed E-state index contributed by atoms with van der Waals surface area (Å²) in [5.74, 6) is -3.16. The third-order valence-corrected chi connectivity index (χ3v) is 6.28. The van der Waals surface area contributed by atoms with Crippen LogP contribution < -0.4 is 10.6 Å². The third kappa shape index (κ3) is 6.16. The zero-order valence-corrected chi connectivity index (χ0v) is 18.8. The second-order valence-electron chi connectivity index (χ2n) is 6.83. The monoisotopic (exact) mass is 499 g/mol. The maximum absolute atomic E-state index is 12.9. The standard InChI is InChI=1S/C19H19F2N5O5S2/c1-33(30,31)12-6-7-13(16(10-12)26(28)29)22-8-9-23-17(27)11-25-15-5-3-2-4-14(15)24-19(25)32-18(20)21/h2-7,10,18,22H,8-9,11H2,1H3,(H,23,27). The number of alkyl halides is 2. The van der Waals surface area contributed by atoms with Crippen molar-refractivity contribution < 1.29 is 26.9 Å². The van der Waals surface area contributed by atoms with Crippen LogP contribution in [0.4, 0.5) is 20.2 Å². The average molecular weight is 500 g/mol. The van der Waals surface area contributed by atoms with Crippen LogP contribution >= 0.6 is 11.8 Å². The van der Waals surface area contributed by atoms with Gasteiger partial charge in [-0.05, 0) is 36.0 Å². The molecule has 0 unspecified atom stereocenters. The first-order valence-electron chi connectivity index (χ1n) is 9.45. The number of carbonyl (C=O) groups excluding carboxylic acids is 1. The maximum atomic E-state index is 12.9.